The maximum absolute atomic E-state index is 11.9. The Labute approximate surface area is 179 Å². The number of halogens is 1. The number of hydrogen-bond acceptors (Lipinski definition) is 7. The molecule has 1 fully saturated rings. The summed E-state index contributed by atoms with van der Waals surface area (Å²) in [6.45, 7) is 2.30. The molecule has 1 amide bonds. The Kier molecular flexibility index (Phi) is 6.15. The van der Waals surface area contributed by atoms with E-state index in [1.807, 2.05) is 41.3 Å². The second kappa shape index (κ2) is 9.15. The van der Waals surface area contributed by atoms with Gasteiger partial charge in [-0.05, 0) is 23.8 Å². The van der Waals surface area contributed by atoms with E-state index in [4.69, 9.17) is 16.6 Å². The first-order valence-corrected chi connectivity index (χ1v) is 10.2. The summed E-state index contributed by atoms with van der Waals surface area (Å²) in [5.41, 5.74) is 2.42. The highest BCUT2D eigenvalue weighted by molar-refractivity contribution is 6.27. The molecule has 154 valence electrons. The molecular formula is C21H21ClN6O2. The van der Waals surface area contributed by atoms with E-state index in [2.05, 4.69) is 15.0 Å². The minimum atomic E-state index is -0.0639. The lowest BCUT2D eigenvalue weighted by Gasteiger charge is -2.34. The second-order valence-electron chi connectivity index (χ2n) is 6.88. The van der Waals surface area contributed by atoms with Crippen LogP contribution in [0.5, 0.6) is 0 Å². The van der Waals surface area contributed by atoms with Crippen LogP contribution in [0.4, 0.5) is 5.95 Å². The van der Waals surface area contributed by atoms with Gasteiger partial charge in [0.25, 0.3) is 0 Å². The fourth-order valence-corrected chi connectivity index (χ4v) is 3.48. The number of aliphatic hydroxyl groups is 1. The second-order valence-corrected chi connectivity index (χ2v) is 7.15. The van der Waals surface area contributed by atoms with E-state index in [0.717, 1.165) is 16.7 Å². The van der Waals surface area contributed by atoms with Gasteiger partial charge in [0, 0.05) is 49.7 Å². The number of benzene rings is 1. The lowest BCUT2D eigenvalue weighted by Crippen LogP contribution is -2.49. The Hall–Kier alpha value is -3.10. The first kappa shape index (κ1) is 20.2. The standard InChI is InChI=1S/C21H21ClN6O2/c22-13-18(30)27-8-10-28(11-9-27)21-25-19(16-4-6-23-7-5-16)24-20(26-21)17-3-1-2-15(12-17)14-29/h1-7,12,29H,8-11,13-14H2. The molecule has 1 aliphatic rings. The van der Waals surface area contributed by atoms with E-state index in [9.17, 15) is 9.90 Å². The van der Waals surface area contributed by atoms with E-state index < -0.39 is 0 Å². The van der Waals surface area contributed by atoms with Crippen molar-refractivity contribution in [3.8, 4) is 22.8 Å². The van der Waals surface area contributed by atoms with Gasteiger partial charge in [-0.15, -0.1) is 11.6 Å². The topological polar surface area (TPSA) is 95.3 Å². The highest BCUT2D eigenvalue weighted by atomic mass is 35.5. The van der Waals surface area contributed by atoms with Crippen LogP contribution in [0.1, 0.15) is 5.56 Å². The average molecular weight is 425 g/mol. The SMILES string of the molecule is O=C(CCl)N1CCN(c2nc(-c3ccncc3)nc(-c3cccc(CO)c3)n2)CC1. The lowest BCUT2D eigenvalue weighted by atomic mass is 10.1. The van der Waals surface area contributed by atoms with Crippen LogP contribution in [0.3, 0.4) is 0 Å². The zero-order valence-corrected chi connectivity index (χ0v) is 17.0. The first-order valence-electron chi connectivity index (χ1n) is 9.63. The van der Waals surface area contributed by atoms with Gasteiger partial charge in [0.2, 0.25) is 11.9 Å². The van der Waals surface area contributed by atoms with E-state index in [1.165, 1.54) is 0 Å². The number of rotatable bonds is 5. The van der Waals surface area contributed by atoms with Gasteiger partial charge in [-0.25, -0.2) is 4.98 Å². The summed E-state index contributed by atoms with van der Waals surface area (Å²) in [7, 11) is 0. The molecule has 0 unspecified atom stereocenters. The van der Waals surface area contributed by atoms with Gasteiger partial charge >= 0.3 is 0 Å². The van der Waals surface area contributed by atoms with Crippen LogP contribution < -0.4 is 4.90 Å². The van der Waals surface area contributed by atoms with Crippen LogP contribution in [-0.2, 0) is 11.4 Å². The summed E-state index contributed by atoms with van der Waals surface area (Å²) in [4.78, 5) is 33.8. The third-order valence-electron chi connectivity index (χ3n) is 4.96. The molecule has 0 aliphatic carbocycles. The molecule has 0 spiro atoms. The molecule has 3 heterocycles. The molecular weight excluding hydrogens is 404 g/mol. The summed E-state index contributed by atoms with van der Waals surface area (Å²) in [5.74, 6) is 1.56. The molecule has 1 aliphatic heterocycles. The number of carbonyl (C=O) groups is 1. The Morgan fingerprint density at radius 3 is 2.33 bits per heavy atom. The summed E-state index contributed by atoms with van der Waals surface area (Å²) in [6.07, 6.45) is 3.39. The molecule has 3 aromatic rings. The molecule has 0 saturated carbocycles. The van der Waals surface area contributed by atoms with Gasteiger partial charge < -0.3 is 14.9 Å². The van der Waals surface area contributed by atoms with Crippen molar-refractivity contribution in [1.82, 2.24) is 24.8 Å². The van der Waals surface area contributed by atoms with E-state index in [1.54, 1.807) is 17.3 Å². The number of aromatic nitrogens is 4. The third-order valence-corrected chi connectivity index (χ3v) is 5.19. The van der Waals surface area contributed by atoms with Crippen LogP contribution in [0.15, 0.2) is 48.8 Å². The zero-order chi connectivity index (χ0) is 20.9. The molecule has 2 aromatic heterocycles. The molecule has 9 heteroatoms. The predicted octanol–water partition coefficient (Wildman–Crippen LogP) is 1.98. The number of nitrogens with zero attached hydrogens (tertiary/aromatic N) is 6. The molecule has 1 aromatic carbocycles. The zero-order valence-electron chi connectivity index (χ0n) is 16.3. The minimum absolute atomic E-state index is 0.0106. The predicted molar refractivity (Wildman–Crippen MR) is 114 cm³/mol. The van der Waals surface area contributed by atoms with Crippen LogP contribution in [-0.4, -0.2) is 67.9 Å². The van der Waals surface area contributed by atoms with Gasteiger partial charge in [-0.2, -0.15) is 9.97 Å². The monoisotopic (exact) mass is 424 g/mol. The van der Waals surface area contributed by atoms with Gasteiger partial charge in [0.1, 0.15) is 5.88 Å². The molecule has 0 atom stereocenters. The first-order chi connectivity index (χ1) is 14.7. The van der Waals surface area contributed by atoms with Crippen LogP contribution in [0.2, 0.25) is 0 Å². The smallest absolute Gasteiger partial charge is 0.237 e. The molecule has 1 N–H and O–H groups in total. The van der Waals surface area contributed by atoms with E-state index in [0.29, 0.717) is 43.8 Å². The van der Waals surface area contributed by atoms with Crippen molar-refractivity contribution in [3.05, 3.63) is 54.4 Å². The normalized spacial score (nSPS) is 14.1. The number of piperazine rings is 1. The number of aliphatic hydroxyl groups excluding tert-OH is 1. The van der Waals surface area contributed by atoms with Crippen molar-refractivity contribution in [3.63, 3.8) is 0 Å². The van der Waals surface area contributed by atoms with Crippen molar-refractivity contribution >= 4 is 23.5 Å². The number of pyridine rings is 1. The molecule has 0 radical (unpaired) electrons. The van der Waals surface area contributed by atoms with Gasteiger partial charge in [0.15, 0.2) is 11.6 Å². The van der Waals surface area contributed by atoms with Crippen LogP contribution in [0, 0.1) is 0 Å². The Balaban J connectivity index is 1.70. The highest BCUT2D eigenvalue weighted by Crippen LogP contribution is 2.24. The summed E-state index contributed by atoms with van der Waals surface area (Å²) >= 11 is 5.68. The number of hydrogen-bond donors (Lipinski definition) is 1. The van der Waals surface area contributed by atoms with Crippen molar-refractivity contribution in [2.45, 2.75) is 6.61 Å². The Morgan fingerprint density at radius 2 is 1.67 bits per heavy atom. The fourth-order valence-electron chi connectivity index (χ4n) is 3.31. The average Bonchev–Trinajstić information content (AvgIpc) is 2.84. The fraction of sp³-hybridized carbons (Fsp3) is 0.286. The van der Waals surface area contributed by atoms with Crippen LogP contribution in [0.25, 0.3) is 22.8 Å². The maximum atomic E-state index is 11.9. The van der Waals surface area contributed by atoms with Gasteiger partial charge in [0.05, 0.1) is 6.61 Å². The van der Waals surface area contributed by atoms with E-state index in [-0.39, 0.29) is 18.4 Å². The van der Waals surface area contributed by atoms with Crippen LogP contribution >= 0.6 is 11.6 Å². The minimum Gasteiger partial charge on any atom is -0.392 e. The molecule has 4 rings (SSSR count). The maximum Gasteiger partial charge on any atom is 0.237 e. The summed E-state index contributed by atoms with van der Waals surface area (Å²) < 4.78 is 0. The summed E-state index contributed by atoms with van der Waals surface area (Å²) in [5, 5.41) is 9.48. The van der Waals surface area contributed by atoms with Gasteiger partial charge in [-0.3, -0.25) is 9.78 Å². The molecule has 1 saturated heterocycles. The molecule has 30 heavy (non-hydrogen) atoms. The summed E-state index contributed by atoms with van der Waals surface area (Å²) in [6, 6.07) is 11.2. The molecule has 0 bridgehead atoms. The van der Waals surface area contributed by atoms with Gasteiger partial charge in [-0.1, -0.05) is 18.2 Å². The van der Waals surface area contributed by atoms with E-state index >= 15 is 0 Å². The Morgan fingerprint density at radius 1 is 0.967 bits per heavy atom. The number of carbonyl (C=O) groups excluding carboxylic acids is 1. The van der Waals surface area contributed by atoms with Crippen molar-refractivity contribution in [1.29, 1.82) is 0 Å². The highest BCUT2D eigenvalue weighted by Gasteiger charge is 2.23. The van der Waals surface area contributed by atoms with Crippen molar-refractivity contribution in [2.24, 2.45) is 0 Å². The molecule has 8 nitrogen and oxygen atoms in total. The number of alkyl halides is 1. The largest absolute Gasteiger partial charge is 0.392 e. The van der Waals surface area contributed by atoms with Crippen molar-refractivity contribution in [2.75, 3.05) is 37.0 Å². The number of amides is 1. The Bertz CT molecular complexity index is 1030. The number of anilines is 1. The third kappa shape index (κ3) is 4.39. The van der Waals surface area contributed by atoms with Crippen molar-refractivity contribution < 1.29 is 9.90 Å². The lowest BCUT2D eigenvalue weighted by molar-refractivity contribution is -0.128. The quantitative estimate of drug-likeness (QED) is 0.625.